The van der Waals surface area contributed by atoms with Gasteiger partial charge in [-0.15, -0.1) is 24.0 Å². The predicted octanol–water partition coefficient (Wildman–Crippen LogP) is 2.84. The third-order valence-electron chi connectivity index (χ3n) is 4.41. The van der Waals surface area contributed by atoms with Crippen LogP contribution < -0.4 is 10.6 Å². The van der Waals surface area contributed by atoms with Crippen molar-refractivity contribution >= 4 is 35.8 Å². The Hall–Kier alpha value is -2.95. The normalized spacial score (nSPS) is 10.9. The largest absolute Gasteiger partial charge is 0.357 e. The van der Waals surface area contributed by atoms with Gasteiger partial charge in [-0.25, -0.2) is 15.0 Å². The number of hydrogen-bond donors (Lipinski definition) is 2. The number of hydrogen-bond acceptors (Lipinski definition) is 4. The van der Waals surface area contributed by atoms with E-state index in [1.807, 2.05) is 60.3 Å². The first kappa shape index (κ1) is 24.3. The van der Waals surface area contributed by atoms with E-state index in [2.05, 4.69) is 25.6 Å². The molecule has 0 saturated carbocycles. The van der Waals surface area contributed by atoms with Gasteiger partial charge in [0.05, 0.1) is 6.54 Å². The van der Waals surface area contributed by atoms with E-state index in [1.54, 1.807) is 31.5 Å². The molecule has 0 bridgehead atoms. The molecule has 0 fully saturated rings. The van der Waals surface area contributed by atoms with E-state index in [0.717, 1.165) is 29.4 Å². The quantitative estimate of drug-likeness (QED) is 0.277. The van der Waals surface area contributed by atoms with Crippen molar-refractivity contribution in [1.82, 2.24) is 30.1 Å². The summed E-state index contributed by atoms with van der Waals surface area (Å²) in [7, 11) is 3.50. The third-order valence-corrected chi connectivity index (χ3v) is 4.41. The third kappa shape index (κ3) is 7.06. The van der Waals surface area contributed by atoms with E-state index in [9.17, 15) is 4.79 Å². The van der Waals surface area contributed by atoms with E-state index in [1.165, 1.54) is 0 Å². The van der Waals surface area contributed by atoms with Crippen molar-refractivity contribution in [1.29, 1.82) is 0 Å². The molecule has 1 aromatic carbocycles. The number of aliphatic imine (C=N–C) groups is 1. The fourth-order valence-electron chi connectivity index (χ4n) is 2.78. The Morgan fingerprint density at radius 2 is 1.84 bits per heavy atom. The van der Waals surface area contributed by atoms with Gasteiger partial charge in [-0.1, -0.05) is 18.2 Å². The van der Waals surface area contributed by atoms with Crippen molar-refractivity contribution in [3.05, 3.63) is 78.0 Å². The lowest BCUT2D eigenvalue weighted by Crippen LogP contribution is -2.36. The molecule has 3 rings (SSSR count). The number of rotatable bonds is 7. The summed E-state index contributed by atoms with van der Waals surface area (Å²) in [5.74, 6) is 1.54. The lowest BCUT2D eigenvalue weighted by molar-refractivity contribution is 0.0827. The van der Waals surface area contributed by atoms with Crippen LogP contribution in [-0.2, 0) is 13.1 Å². The highest BCUT2D eigenvalue weighted by molar-refractivity contribution is 14.0. The lowest BCUT2D eigenvalue weighted by atomic mass is 10.1. The van der Waals surface area contributed by atoms with Gasteiger partial charge in [0.1, 0.15) is 12.1 Å². The second kappa shape index (κ2) is 12.0. The zero-order chi connectivity index (χ0) is 21.3. The van der Waals surface area contributed by atoms with Gasteiger partial charge in [0, 0.05) is 51.3 Å². The number of aromatic nitrogens is 3. The summed E-state index contributed by atoms with van der Waals surface area (Å²) in [6, 6.07) is 11.5. The highest BCUT2D eigenvalue weighted by Gasteiger charge is 2.07. The average molecular weight is 533 g/mol. The number of guanidine groups is 1. The fourth-order valence-corrected chi connectivity index (χ4v) is 2.78. The standard InChI is InChI=1S/C22H27N7O.HI/c1-4-24-22(26-13-17-5-8-19(9-6-17)21(30)28(2)3)27-15-18-7-10-20(25-14-18)29-12-11-23-16-29;/h5-12,14,16H,4,13,15H2,1-3H3,(H2,24,26,27);1H. The van der Waals surface area contributed by atoms with Crippen molar-refractivity contribution in [3.63, 3.8) is 0 Å². The Labute approximate surface area is 199 Å². The molecule has 31 heavy (non-hydrogen) atoms. The summed E-state index contributed by atoms with van der Waals surface area (Å²) in [6.07, 6.45) is 7.12. The maximum Gasteiger partial charge on any atom is 0.253 e. The topological polar surface area (TPSA) is 87.4 Å². The molecule has 0 saturated heterocycles. The number of carbonyl (C=O) groups is 1. The van der Waals surface area contributed by atoms with Crippen LogP contribution >= 0.6 is 24.0 Å². The van der Waals surface area contributed by atoms with Crippen LogP contribution in [0.1, 0.15) is 28.4 Å². The highest BCUT2D eigenvalue weighted by atomic mass is 127. The van der Waals surface area contributed by atoms with Gasteiger partial charge in [0.25, 0.3) is 5.91 Å². The van der Waals surface area contributed by atoms with Crippen LogP contribution in [0.3, 0.4) is 0 Å². The number of carbonyl (C=O) groups excluding carboxylic acids is 1. The van der Waals surface area contributed by atoms with E-state index in [4.69, 9.17) is 0 Å². The molecular weight excluding hydrogens is 505 g/mol. The Kier molecular flexibility index (Phi) is 9.44. The summed E-state index contributed by atoms with van der Waals surface area (Å²) in [4.78, 5) is 26.7. The number of halogens is 1. The van der Waals surface area contributed by atoms with Gasteiger partial charge in [0.15, 0.2) is 5.96 Å². The molecule has 0 radical (unpaired) electrons. The summed E-state index contributed by atoms with van der Waals surface area (Å²) in [5, 5.41) is 6.57. The van der Waals surface area contributed by atoms with Gasteiger partial charge in [0.2, 0.25) is 0 Å². The zero-order valence-electron chi connectivity index (χ0n) is 17.9. The van der Waals surface area contributed by atoms with E-state index < -0.39 is 0 Å². The first-order valence-corrected chi connectivity index (χ1v) is 9.83. The lowest BCUT2D eigenvalue weighted by Gasteiger charge is -2.13. The van der Waals surface area contributed by atoms with E-state index >= 15 is 0 Å². The second-order valence-electron chi connectivity index (χ2n) is 6.94. The minimum absolute atomic E-state index is 0. The van der Waals surface area contributed by atoms with Gasteiger partial charge in [-0.3, -0.25) is 9.36 Å². The molecule has 0 aliphatic carbocycles. The molecule has 2 N–H and O–H groups in total. The van der Waals surface area contributed by atoms with Crippen LogP contribution in [0.15, 0.2) is 66.3 Å². The Balaban J connectivity index is 0.00000341. The first-order valence-electron chi connectivity index (χ1n) is 9.83. The minimum Gasteiger partial charge on any atom is -0.357 e. The van der Waals surface area contributed by atoms with Crippen molar-refractivity contribution in [3.8, 4) is 5.82 Å². The van der Waals surface area contributed by atoms with Crippen molar-refractivity contribution in [2.45, 2.75) is 20.0 Å². The van der Waals surface area contributed by atoms with Crippen molar-refractivity contribution in [2.24, 2.45) is 4.99 Å². The molecule has 0 atom stereocenters. The molecular formula is C22H28IN7O. The van der Waals surface area contributed by atoms with Crippen LogP contribution in [-0.4, -0.2) is 51.9 Å². The van der Waals surface area contributed by atoms with Crippen molar-refractivity contribution in [2.75, 3.05) is 20.6 Å². The monoisotopic (exact) mass is 533 g/mol. The van der Waals surface area contributed by atoms with Crippen LogP contribution in [0.2, 0.25) is 0 Å². The van der Waals surface area contributed by atoms with E-state index in [-0.39, 0.29) is 29.9 Å². The van der Waals surface area contributed by atoms with Crippen LogP contribution in [0.5, 0.6) is 0 Å². The molecule has 9 heteroatoms. The van der Waals surface area contributed by atoms with Crippen LogP contribution in [0, 0.1) is 0 Å². The summed E-state index contributed by atoms with van der Waals surface area (Å²) in [5.41, 5.74) is 2.76. The highest BCUT2D eigenvalue weighted by Crippen LogP contribution is 2.08. The summed E-state index contributed by atoms with van der Waals surface area (Å²) >= 11 is 0. The Bertz CT molecular complexity index is 968. The molecule has 2 aromatic heterocycles. The fraction of sp³-hybridized carbons (Fsp3) is 0.273. The van der Waals surface area contributed by atoms with Gasteiger partial charge < -0.3 is 15.5 Å². The van der Waals surface area contributed by atoms with Crippen LogP contribution in [0.4, 0.5) is 0 Å². The molecule has 1 amide bonds. The van der Waals surface area contributed by atoms with E-state index in [0.29, 0.717) is 18.7 Å². The number of nitrogens with zero attached hydrogens (tertiary/aromatic N) is 5. The average Bonchev–Trinajstić information content (AvgIpc) is 3.31. The minimum atomic E-state index is -0.00271. The molecule has 0 unspecified atom stereocenters. The zero-order valence-corrected chi connectivity index (χ0v) is 20.3. The molecule has 8 nitrogen and oxygen atoms in total. The van der Waals surface area contributed by atoms with Gasteiger partial charge >= 0.3 is 0 Å². The smallest absolute Gasteiger partial charge is 0.253 e. The van der Waals surface area contributed by atoms with Crippen molar-refractivity contribution < 1.29 is 4.79 Å². The molecule has 3 aromatic rings. The molecule has 0 spiro atoms. The molecule has 0 aliphatic heterocycles. The maximum absolute atomic E-state index is 12.0. The molecule has 0 aliphatic rings. The number of benzene rings is 1. The number of amides is 1. The molecule has 164 valence electrons. The van der Waals surface area contributed by atoms with Crippen LogP contribution in [0.25, 0.3) is 5.82 Å². The predicted molar refractivity (Wildman–Crippen MR) is 133 cm³/mol. The van der Waals surface area contributed by atoms with Gasteiger partial charge in [-0.2, -0.15) is 0 Å². The number of pyridine rings is 1. The maximum atomic E-state index is 12.0. The van der Waals surface area contributed by atoms with Gasteiger partial charge in [-0.05, 0) is 36.2 Å². The first-order chi connectivity index (χ1) is 14.6. The number of nitrogens with one attached hydrogen (secondary N) is 2. The molecule has 2 heterocycles. The number of imidazole rings is 1. The second-order valence-corrected chi connectivity index (χ2v) is 6.94. The summed E-state index contributed by atoms with van der Waals surface area (Å²) in [6.45, 7) is 3.92. The summed E-state index contributed by atoms with van der Waals surface area (Å²) < 4.78 is 1.86. The Morgan fingerprint density at radius 3 is 2.42 bits per heavy atom. The SMILES string of the molecule is CCNC(=NCc1ccc(-n2ccnc2)nc1)NCc1ccc(C(=O)N(C)C)cc1.I. The Morgan fingerprint density at radius 1 is 1.10 bits per heavy atom.